The molecular formula is C9H12N4S. The lowest BCUT2D eigenvalue weighted by molar-refractivity contribution is 1.09. The van der Waals surface area contributed by atoms with Gasteiger partial charge in [0.25, 0.3) is 0 Å². The summed E-state index contributed by atoms with van der Waals surface area (Å²) in [5, 5.41) is 7.69. The van der Waals surface area contributed by atoms with E-state index in [2.05, 4.69) is 38.7 Å². The lowest BCUT2D eigenvalue weighted by Crippen LogP contribution is -1.86. The fraction of sp³-hybridized carbons (Fsp3) is 0.222. The molecule has 0 aliphatic heterocycles. The van der Waals surface area contributed by atoms with Gasteiger partial charge in [-0.15, -0.1) is 10.2 Å². The standard InChI is InChI=1S/C9H12N4S/c1-14(2)8-3-7(4-10-5-8)9-11-6-12-13-9/h3-6,14H,1-2H3,(H,11,12,13). The van der Waals surface area contributed by atoms with Gasteiger partial charge in [0.05, 0.1) is 0 Å². The molecule has 0 fully saturated rings. The van der Waals surface area contributed by atoms with Crippen LogP contribution >= 0.6 is 10.9 Å². The highest BCUT2D eigenvalue weighted by Gasteiger charge is 2.03. The maximum Gasteiger partial charge on any atom is 0.162 e. The molecule has 1 N–H and O–H groups in total. The highest BCUT2D eigenvalue weighted by molar-refractivity contribution is 8.15. The maximum atomic E-state index is 4.19. The summed E-state index contributed by atoms with van der Waals surface area (Å²) in [6, 6.07) is 2.11. The van der Waals surface area contributed by atoms with E-state index in [9.17, 15) is 0 Å². The zero-order chi connectivity index (χ0) is 9.97. The molecule has 2 rings (SSSR count). The Morgan fingerprint density at radius 3 is 2.79 bits per heavy atom. The van der Waals surface area contributed by atoms with Gasteiger partial charge in [0, 0.05) is 22.9 Å². The number of hydrogen-bond acceptors (Lipinski definition) is 3. The summed E-state index contributed by atoms with van der Waals surface area (Å²) in [6.07, 6.45) is 9.68. The van der Waals surface area contributed by atoms with Crippen LogP contribution in [0.15, 0.2) is 29.7 Å². The fourth-order valence-electron chi connectivity index (χ4n) is 1.15. The molecule has 74 valence electrons. The quantitative estimate of drug-likeness (QED) is 0.735. The molecule has 0 atom stereocenters. The molecule has 0 aliphatic carbocycles. The van der Waals surface area contributed by atoms with E-state index in [1.54, 1.807) is 12.5 Å². The first-order valence-electron chi connectivity index (χ1n) is 4.26. The van der Waals surface area contributed by atoms with Crippen molar-refractivity contribution >= 4 is 10.9 Å². The van der Waals surface area contributed by atoms with Crippen molar-refractivity contribution in [3.63, 3.8) is 0 Å². The van der Waals surface area contributed by atoms with Gasteiger partial charge in [-0.2, -0.15) is 0 Å². The van der Waals surface area contributed by atoms with E-state index in [0.29, 0.717) is 0 Å². The fourth-order valence-corrected chi connectivity index (χ4v) is 1.84. The second kappa shape index (κ2) is 3.79. The Hall–Kier alpha value is -1.36. The van der Waals surface area contributed by atoms with E-state index < -0.39 is 0 Å². The van der Waals surface area contributed by atoms with Crippen molar-refractivity contribution in [2.24, 2.45) is 0 Å². The molecule has 0 bridgehead atoms. The molecule has 2 aromatic heterocycles. The van der Waals surface area contributed by atoms with Gasteiger partial charge < -0.3 is 4.98 Å². The number of aromatic nitrogens is 4. The van der Waals surface area contributed by atoms with Gasteiger partial charge in [-0.25, -0.2) is 10.9 Å². The first-order chi connectivity index (χ1) is 6.77. The summed E-state index contributed by atoms with van der Waals surface area (Å²) in [5.41, 5.74) is 0.996. The first kappa shape index (κ1) is 9.21. The molecule has 0 radical (unpaired) electrons. The summed E-state index contributed by atoms with van der Waals surface area (Å²) in [6.45, 7) is 0. The van der Waals surface area contributed by atoms with Crippen LogP contribution in [0.25, 0.3) is 11.4 Å². The third-order valence-corrected chi connectivity index (χ3v) is 3.21. The normalized spacial score (nSPS) is 11.4. The third kappa shape index (κ3) is 1.77. The molecule has 4 nitrogen and oxygen atoms in total. The SMILES string of the molecule is C[SH](C)c1cncc(-c2nnc[nH]2)c1. The van der Waals surface area contributed by atoms with Gasteiger partial charge >= 0.3 is 0 Å². The Morgan fingerprint density at radius 2 is 2.14 bits per heavy atom. The second-order valence-corrected chi connectivity index (χ2v) is 5.47. The van der Waals surface area contributed by atoms with Crippen LogP contribution in [0.4, 0.5) is 0 Å². The van der Waals surface area contributed by atoms with Crippen LogP contribution in [0.3, 0.4) is 0 Å². The summed E-state index contributed by atoms with van der Waals surface area (Å²) in [7, 11) is -0.112. The lowest BCUT2D eigenvalue weighted by atomic mass is 10.3. The average Bonchev–Trinajstić information content (AvgIpc) is 2.71. The Morgan fingerprint density at radius 1 is 1.29 bits per heavy atom. The van der Waals surface area contributed by atoms with E-state index in [1.165, 1.54) is 4.90 Å². The van der Waals surface area contributed by atoms with Crippen LogP contribution in [0.2, 0.25) is 0 Å². The molecule has 0 amide bonds. The number of H-pyrrole nitrogens is 1. The van der Waals surface area contributed by atoms with Crippen molar-refractivity contribution < 1.29 is 0 Å². The largest absolute Gasteiger partial charge is 0.328 e. The molecular weight excluding hydrogens is 196 g/mol. The van der Waals surface area contributed by atoms with Gasteiger partial charge in [0.15, 0.2) is 5.82 Å². The third-order valence-electron chi connectivity index (χ3n) is 1.93. The molecule has 0 aliphatic rings. The maximum absolute atomic E-state index is 4.19. The van der Waals surface area contributed by atoms with Crippen molar-refractivity contribution in [3.8, 4) is 11.4 Å². The number of rotatable bonds is 2. The van der Waals surface area contributed by atoms with E-state index >= 15 is 0 Å². The molecule has 0 unspecified atom stereocenters. The minimum absolute atomic E-state index is 0.112. The van der Waals surface area contributed by atoms with Gasteiger partial charge in [0.2, 0.25) is 0 Å². The summed E-state index contributed by atoms with van der Waals surface area (Å²) >= 11 is 0. The number of hydrogen-bond donors (Lipinski definition) is 2. The van der Waals surface area contributed by atoms with Crippen molar-refractivity contribution in [1.29, 1.82) is 0 Å². The highest BCUT2D eigenvalue weighted by atomic mass is 32.2. The molecule has 14 heavy (non-hydrogen) atoms. The number of thiol groups is 1. The minimum atomic E-state index is -0.112. The summed E-state index contributed by atoms with van der Waals surface area (Å²) < 4.78 is 0. The Balaban J connectivity index is 2.41. The zero-order valence-electron chi connectivity index (χ0n) is 8.10. The topological polar surface area (TPSA) is 54.5 Å². The van der Waals surface area contributed by atoms with Crippen LogP contribution in [0.1, 0.15) is 0 Å². The molecule has 0 spiro atoms. The van der Waals surface area contributed by atoms with Crippen molar-refractivity contribution in [3.05, 3.63) is 24.8 Å². The second-order valence-electron chi connectivity index (χ2n) is 3.16. The van der Waals surface area contributed by atoms with E-state index in [4.69, 9.17) is 0 Å². The van der Waals surface area contributed by atoms with Crippen LogP contribution in [0, 0.1) is 0 Å². The summed E-state index contributed by atoms with van der Waals surface area (Å²) in [5.74, 6) is 0.774. The van der Waals surface area contributed by atoms with E-state index in [1.807, 2.05) is 6.20 Å². The molecule has 2 heterocycles. The van der Waals surface area contributed by atoms with Crippen LogP contribution in [0.5, 0.6) is 0 Å². The number of aromatic amines is 1. The monoisotopic (exact) mass is 208 g/mol. The predicted octanol–water partition coefficient (Wildman–Crippen LogP) is 1.49. The Kier molecular flexibility index (Phi) is 2.49. The molecule has 2 aromatic rings. The van der Waals surface area contributed by atoms with Crippen molar-refractivity contribution in [1.82, 2.24) is 20.2 Å². The Bertz CT molecular complexity index is 411. The average molecular weight is 208 g/mol. The van der Waals surface area contributed by atoms with E-state index in [-0.39, 0.29) is 10.9 Å². The molecule has 0 saturated heterocycles. The predicted molar refractivity (Wildman–Crippen MR) is 58.7 cm³/mol. The van der Waals surface area contributed by atoms with Gasteiger partial charge in [-0.3, -0.25) is 4.98 Å². The van der Waals surface area contributed by atoms with Crippen LogP contribution < -0.4 is 0 Å². The van der Waals surface area contributed by atoms with Crippen molar-refractivity contribution in [2.45, 2.75) is 4.90 Å². The van der Waals surface area contributed by atoms with Gasteiger partial charge in [-0.1, -0.05) is 0 Å². The van der Waals surface area contributed by atoms with Crippen molar-refractivity contribution in [2.75, 3.05) is 12.5 Å². The van der Waals surface area contributed by atoms with Crippen LogP contribution in [-0.2, 0) is 0 Å². The Labute approximate surface area is 85.1 Å². The van der Waals surface area contributed by atoms with Crippen LogP contribution in [-0.4, -0.2) is 32.7 Å². The first-order valence-corrected chi connectivity index (χ1v) is 6.50. The number of nitrogens with one attached hydrogen (secondary N) is 1. The smallest absolute Gasteiger partial charge is 0.162 e. The highest BCUT2D eigenvalue weighted by Crippen LogP contribution is 2.29. The summed E-state index contributed by atoms with van der Waals surface area (Å²) in [4.78, 5) is 8.43. The molecule has 5 heteroatoms. The van der Waals surface area contributed by atoms with E-state index in [0.717, 1.165) is 11.4 Å². The minimum Gasteiger partial charge on any atom is -0.328 e. The zero-order valence-corrected chi connectivity index (χ0v) is 8.99. The lowest BCUT2D eigenvalue weighted by Gasteiger charge is -2.09. The molecule has 0 aromatic carbocycles. The number of pyridine rings is 1. The number of nitrogens with zero attached hydrogens (tertiary/aromatic N) is 3. The van der Waals surface area contributed by atoms with Gasteiger partial charge in [0.1, 0.15) is 6.33 Å². The van der Waals surface area contributed by atoms with Gasteiger partial charge in [-0.05, 0) is 18.6 Å². The molecule has 0 saturated carbocycles.